The number of ketones is 1. The summed E-state index contributed by atoms with van der Waals surface area (Å²) in [5.74, 6) is 0.369. The molecule has 2 aromatic rings. The van der Waals surface area contributed by atoms with Gasteiger partial charge in [0.05, 0.1) is 0 Å². The molecule has 1 fully saturated rings. The Labute approximate surface area is 147 Å². The minimum Gasteiger partial charge on any atom is -0.352 e. The van der Waals surface area contributed by atoms with Crippen LogP contribution in [0.1, 0.15) is 45.7 Å². The molecule has 2 N–H and O–H groups in total. The van der Waals surface area contributed by atoms with Crippen molar-refractivity contribution in [3.05, 3.63) is 65.5 Å². The smallest absolute Gasteiger partial charge is 0.251 e. The van der Waals surface area contributed by atoms with Crippen LogP contribution in [0.2, 0.25) is 0 Å². The number of benzene rings is 1. The van der Waals surface area contributed by atoms with Crippen LogP contribution in [-0.4, -0.2) is 36.3 Å². The predicted octanol–water partition coefficient (Wildman–Crippen LogP) is 2.43. The van der Waals surface area contributed by atoms with E-state index in [-0.39, 0.29) is 11.7 Å². The van der Waals surface area contributed by atoms with E-state index in [1.54, 1.807) is 48.7 Å². The van der Waals surface area contributed by atoms with Crippen LogP contribution in [0.4, 0.5) is 0 Å². The number of carbonyl (C=O) groups excluding carboxylic acids is 2. The highest BCUT2D eigenvalue weighted by atomic mass is 16.1. The Morgan fingerprint density at radius 2 is 1.88 bits per heavy atom. The molecule has 0 bridgehead atoms. The standard InChI is InChI=1S/C20H23N3O2/c24-19(18-6-1-2-10-22-18)16-4-3-5-17(14-16)20(25)23-13-9-15-7-11-21-12-8-15/h1-6,10,14-15,21H,7-9,11-13H2,(H,23,25). The number of amides is 1. The van der Waals surface area contributed by atoms with Crippen LogP contribution in [0.3, 0.4) is 0 Å². The van der Waals surface area contributed by atoms with E-state index in [2.05, 4.69) is 15.6 Å². The lowest BCUT2D eigenvalue weighted by atomic mass is 9.95. The number of nitrogens with one attached hydrogen (secondary N) is 2. The lowest BCUT2D eigenvalue weighted by molar-refractivity contribution is 0.0950. The molecule has 1 saturated heterocycles. The molecule has 2 heterocycles. The quantitative estimate of drug-likeness (QED) is 0.794. The fourth-order valence-electron chi connectivity index (χ4n) is 3.11. The van der Waals surface area contributed by atoms with Crippen molar-refractivity contribution in [3.8, 4) is 0 Å². The maximum atomic E-state index is 12.4. The summed E-state index contributed by atoms with van der Waals surface area (Å²) in [6.45, 7) is 2.80. The van der Waals surface area contributed by atoms with Gasteiger partial charge in [-0.3, -0.25) is 14.6 Å². The fraction of sp³-hybridized carbons (Fsp3) is 0.350. The van der Waals surface area contributed by atoms with Gasteiger partial charge in [-0.25, -0.2) is 0 Å². The molecule has 0 radical (unpaired) electrons. The van der Waals surface area contributed by atoms with Crippen molar-refractivity contribution < 1.29 is 9.59 Å². The normalized spacial score (nSPS) is 14.9. The SMILES string of the molecule is O=C(NCCC1CCNCC1)c1cccc(C(=O)c2ccccn2)c1. The zero-order chi connectivity index (χ0) is 17.5. The number of piperidine rings is 1. The third-order valence-corrected chi connectivity index (χ3v) is 4.58. The molecular formula is C20H23N3O2. The second-order valence-electron chi connectivity index (χ2n) is 6.36. The number of aromatic nitrogens is 1. The minimum atomic E-state index is -0.176. The fourth-order valence-corrected chi connectivity index (χ4v) is 3.11. The predicted molar refractivity (Wildman–Crippen MR) is 96.7 cm³/mol. The van der Waals surface area contributed by atoms with Gasteiger partial charge >= 0.3 is 0 Å². The molecule has 0 atom stereocenters. The van der Waals surface area contributed by atoms with E-state index in [1.807, 2.05) is 0 Å². The topological polar surface area (TPSA) is 71.1 Å². The molecule has 0 spiro atoms. The van der Waals surface area contributed by atoms with Gasteiger partial charge in [0.15, 0.2) is 0 Å². The highest BCUT2D eigenvalue weighted by Gasteiger charge is 2.15. The summed E-state index contributed by atoms with van der Waals surface area (Å²) in [5.41, 5.74) is 1.36. The molecule has 0 unspecified atom stereocenters. The Bertz CT molecular complexity index is 725. The highest BCUT2D eigenvalue weighted by molar-refractivity contribution is 6.09. The second kappa shape index (κ2) is 8.53. The molecule has 3 rings (SSSR count). The Balaban J connectivity index is 1.58. The van der Waals surface area contributed by atoms with Crippen molar-refractivity contribution in [2.45, 2.75) is 19.3 Å². The van der Waals surface area contributed by atoms with Crippen molar-refractivity contribution in [1.29, 1.82) is 0 Å². The van der Waals surface area contributed by atoms with Gasteiger partial charge in [0.25, 0.3) is 5.91 Å². The average Bonchev–Trinajstić information content (AvgIpc) is 2.69. The van der Waals surface area contributed by atoms with Gasteiger partial charge in [-0.1, -0.05) is 18.2 Å². The average molecular weight is 337 g/mol. The molecular weight excluding hydrogens is 314 g/mol. The first-order chi connectivity index (χ1) is 12.2. The molecule has 130 valence electrons. The Hall–Kier alpha value is -2.53. The van der Waals surface area contributed by atoms with E-state index in [9.17, 15) is 9.59 Å². The van der Waals surface area contributed by atoms with Crippen molar-refractivity contribution >= 4 is 11.7 Å². The zero-order valence-electron chi connectivity index (χ0n) is 14.2. The zero-order valence-corrected chi connectivity index (χ0v) is 14.2. The summed E-state index contributed by atoms with van der Waals surface area (Å²) in [5, 5.41) is 6.31. The summed E-state index contributed by atoms with van der Waals surface area (Å²) in [6.07, 6.45) is 4.93. The lowest BCUT2D eigenvalue weighted by Gasteiger charge is -2.22. The molecule has 5 nitrogen and oxygen atoms in total. The molecule has 1 amide bonds. The van der Waals surface area contributed by atoms with E-state index < -0.39 is 0 Å². The van der Waals surface area contributed by atoms with Crippen LogP contribution in [-0.2, 0) is 0 Å². The van der Waals surface area contributed by atoms with Crippen molar-refractivity contribution in [3.63, 3.8) is 0 Å². The van der Waals surface area contributed by atoms with E-state index in [0.29, 0.717) is 29.3 Å². The van der Waals surface area contributed by atoms with Crippen LogP contribution < -0.4 is 10.6 Å². The molecule has 1 aromatic heterocycles. The summed E-state index contributed by atoms with van der Waals surface area (Å²) >= 11 is 0. The van der Waals surface area contributed by atoms with Crippen LogP contribution in [0.15, 0.2) is 48.7 Å². The first-order valence-electron chi connectivity index (χ1n) is 8.79. The summed E-state index contributed by atoms with van der Waals surface area (Å²) < 4.78 is 0. The van der Waals surface area contributed by atoms with Crippen molar-refractivity contribution in [2.75, 3.05) is 19.6 Å². The number of hydrogen-bond donors (Lipinski definition) is 2. The third kappa shape index (κ3) is 4.73. The number of rotatable bonds is 6. The van der Waals surface area contributed by atoms with E-state index >= 15 is 0 Å². The van der Waals surface area contributed by atoms with Gasteiger partial charge in [0.2, 0.25) is 5.78 Å². The van der Waals surface area contributed by atoms with Crippen molar-refractivity contribution in [1.82, 2.24) is 15.6 Å². The Morgan fingerprint density at radius 1 is 1.08 bits per heavy atom. The number of carbonyl (C=O) groups is 2. The van der Waals surface area contributed by atoms with Gasteiger partial charge in [-0.2, -0.15) is 0 Å². The van der Waals surface area contributed by atoms with Gasteiger partial charge < -0.3 is 10.6 Å². The molecule has 1 aliphatic rings. The Morgan fingerprint density at radius 3 is 2.64 bits per heavy atom. The molecule has 5 heteroatoms. The number of nitrogens with zero attached hydrogens (tertiary/aromatic N) is 1. The second-order valence-corrected chi connectivity index (χ2v) is 6.36. The minimum absolute atomic E-state index is 0.135. The van der Waals surface area contributed by atoms with Gasteiger partial charge in [0.1, 0.15) is 5.69 Å². The monoisotopic (exact) mass is 337 g/mol. The van der Waals surface area contributed by atoms with Crippen LogP contribution in [0.25, 0.3) is 0 Å². The van der Waals surface area contributed by atoms with Crippen LogP contribution >= 0.6 is 0 Å². The Kier molecular flexibility index (Phi) is 5.90. The number of hydrogen-bond acceptors (Lipinski definition) is 4. The van der Waals surface area contributed by atoms with E-state index in [1.165, 1.54) is 12.8 Å². The highest BCUT2D eigenvalue weighted by Crippen LogP contribution is 2.15. The maximum absolute atomic E-state index is 12.4. The van der Waals surface area contributed by atoms with E-state index in [4.69, 9.17) is 0 Å². The molecule has 25 heavy (non-hydrogen) atoms. The third-order valence-electron chi connectivity index (χ3n) is 4.58. The van der Waals surface area contributed by atoms with Gasteiger partial charge in [0, 0.05) is 23.9 Å². The molecule has 1 aromatic carbocycles. The van der Waals surface area contributed by atoms with Gasteiger partial charge in [-0.05, 0) is 62.5 Å². The maximum Gasteiger partial charge on any atom is 0.251 e. The van der Waals surface area contributed by atoms with Crippen LogP contribution in [0, 0.1) is 5.92 Å². The van der Waals surface area contributed by atoms with E-state index in [0.717, 1.165) is 19.5 Å². The first kappa shape index (κ1) is 17.3. The van der Waals surface area contributed by atoms with Gasteiger partial charge in [-0.15, -0.1) is 0 Å². The molecule has 1 aliphatic heterocycles. The molecule has 0 saturated carbocycles. The number of pyridine rings is 1. The largest absolute Gasteiger partial charge is 0.352 e. The van der Waals surface area contributed by atoms with Crippen LogP contribution in [0.5, 0.6) is 0 Å². The summed E-state index contributed by atoms with van der Waals surface area (Å²) in [6, 6.07) is 12.0. The molecule has 0 aliphatic carbocycles. The van der Waals surface area contributed by atoms with Crippen molar-refractivity contribution in [2.24, 2.45) is 5.92 Å². The summed E-state index contributed by atoms with van der Waals surface area (Å²) in [7, 11) is 0. The summed E-state index contributed by atoms with van der Waals surface area (Å²) in [4.78, 5) is 28.9. The first-order valence-corrected chi connectivity index (χ1v) is 8.79. The lowest BCUT2D eigenvalue weighted by Crippen LogP contribution is -2.31.